The van der Waals surface area contributed by atoms with E-state index in [2.05, 4.69) is 22.3 Å². The highest BCUT2D eigenvalue weighted by Gasteiger charge is 2.21. The molecule has 1 amide bonds. The van der Waals surface area contributed by atoms with E-state index < -0.39 is 0 Å². The molecule has 0 aliphatic carbocycles. The molecular formula is C19H17N3O2. The van der Waals surface area contributed by atoms with Crippen molar-refractivity contribution in [2.24, 2.45) is 0 Å². The van der Waals surface area contributed by atoms with Gasteiger partial charge in [0, 0.05) is 18.5 Å². The van der Waals surface area contributed by atoms with E-state index in [1.54, 1.807) is 6.07 Å². The Balaban J connectivity index is 1.60. The quantitative estimate of drug-likeness (QED) is 0.786. The van der Waals surface area contributed by atoms with Gasteiger partial charge in [-0.25, -0.2) is 5.10 Å². The molecule has 0 unspecified atom stereocenters. The van der Waals surface area contributed by atoms with Crippen molar-refractivity contribution in [3.8, 4) is 0 Å². The van der Waals surface area contributed by atoms with Crippen molar-refractivity contribution in [2.45, 2.75) is 19.4 Å². The van der Waals surface area contributed by atoms with Gasteiger partial charge in [0.15, 0.2) is 0 Å². The molecule has 0 bridgehead atoms. The number of carbonyl (C=O) groups is 1. The van der Waals surface area contributed by atoms with Crippen LogP contribution in [0.3, 0.4) is 0 Å². The lowest BCUT2D eigenvalue weighted by atomic mass is 9.99. The average Bonchev–Trinajstić information content (AvgIpc) is 2.64. The van der Waals surface area contributed by atoms with Crippen molar-refractivity contribution in [3.05, 3.63) is 75.7 Å². The van der Waals surface area contributed by atoms with E-state index in [0.717, 1.165) is 18.4 Å². The molecule has 0 saturated carbocycles. The van der Waals surface area contributed by atoms with Gasteiger partial charge < -0.3 is 4.90 Å². The molecule has 0 radical (unpaired) electrons. The number of aromatic amines is 1. The first-order valence-corrected chi connectivity index (χ1v) is 8.03. The zero-order valence-electron chi connectivity index (χ0n) is 13.2. The topological polar surface area (TPSA) is 66.1 Å². The minimum Gasteiger partial charge on any atom is -0.338 e. The highest BCUT2D eigenvalue weighted by atomic mass is 16.2. The molecule has 0 atom stereocenters. The smallest absolute Gasteiger partial charge is 0.272 e. The summed E-state index contributed by atoms with van der Waals surface area (Å²) < 4.78 is 0. The predicted octanol–water partition coefficient (Wildman–Crippen LogP) is 2.05. The first kappa shape index (κ1) is 14.6. The molecule has 2 aromatic carbocycles. The van der Waals surface area contributed by atoms with Crippen LogP contribution >= 0.6 is 0 Å². The molecule has 4 rings (SSSR count). The second-order valence-corrected chi connectivity index (χ2v) is 6.06. The Kier molecular flexibility index (Phi) is 3.61. The van der Waals surface area contributed by atoms with Gasteiger partial charge in [-0.1, -0.05) is 42.5 Å². The summed E-state index contributed by atoms with van der Waals surface area (Å²) in [5.74, 6) is 0.0363. The third kappa shape index (κ3) is 2.58. The number of aromatic nitrogens is 2. The van der Waals surface area contributed by atoms with Gasteiger partial charge in [0.1, 0.15) is 0 Å². The number of fused-ring (bicyclic) bond motifs is 2. The lowest BCUT2D eigenvalue weighted by Gasteiger charge is -2.28. The molecule has 1 aliphatic rings. The zero-order chi connectivity index (χ0) is 16.5. The van der Waals surface area contributed by atoms with E-state index in [9.17, 15) is 9.59 Å². The van der Waals surface area contributed by atoms with Gasteiger partial charge in [-0.2, -0.15) is 5.10 Å². The largest absolute Gasteiger partial charge is 0.338 e. The van der Waals surface area contributed by atoms with Crippen LogP contribution in [-0.4, -0.2) is 27.5 Å². The summed E-state index contributed by atoms with van der Waals surface area (Å²) >= 11 is 0. The number of nitrogens with one attached hydrogen (secondary N) is 1. The van der Waals surface area contributed by atoms with Gasteiger partial charge in [0.2, 0.25) is 5.91 Å². The lowest BCUT2D eigenvalue weighted by molar-refractivity contribution is -0.131. The number of benzene rings is 2. The summed E-state index contributed by atoms with van der Waals surface area (Å²) in [7, 11) is 0. The minimum atomic E-state index is -0.228. The summed E-state index contributed by atoms with van der Waals surface area (Å²) in [6.45, 7) is 1.35. The van der Waals surface area contributed by atoms with Crippen LogP contribution in [0.1, 0.15) is 16.8 Å². The van der Waals surface area contributed by atoms with Crippen LogP contribution in [0, 0.1) is 0 Å². The van der Waals surface area contributed by atoms with Gasteiger partial charge in [0.25, 0.3) is 5.56 Å². The molecular weight excluding hydrogens is 302 g/mol. The van der Waals surface area contributed by atoms with Gasteiger partial charge in [0.05, 0.1) is 17.5 Å². The third-order valence-electron chi connectivity index (χ3n) is 4.58. The number of hydrogen-bond acceptors (Lipinski definition) is 3. The second kappa shape index (κ2) is 5.92. The molecule has 5 heteroatoms. The fourth-order valence-corrected chi connectivity index (χ4v) is 3.27. The maximum absolute atomic E-state index is 12.7. The van der Waals surface area contributed by atoms with E-state index >= 15 is 0 Å². The van der Waals surface area contributed by atoms with Crippen LogP contribution in [0.25, 0.3) is 10.8 Å². The van der Waals surface area contributed by atoms with Crippen LogP contribution in [0.2, 0.25) is 0 Å². The summed E-state index contributed by atoms with van der Waals surface area (Å²) in [4.78, 5) is 26.4. The molecule has 1 aromatic heterocycles. The van der Waals surface area contributed by atoms with E-state index in [4.69, 9.17) is 0 Å². The number of carbonyl (C=O) groups excluding carboxylic acids is 1. The fraction of sp³-hybridized carbons (Fsp3) is 0.211. The Morgan fingerprint density at radius 2 is 1.75 bits per heavy atom. The SMILES string of the molecule is O=C(Cc1n[nH]c(=O)c2ccccc12)N1CCc2ccccc2C1. The van der Waals surface area contributed by atoms with Crippen molar-refractivity contribution in [2.75, 3.05) is 6.54 Å². The number of nitrogens with zero attached hydrogens (tertiary/aromatic N) is 2. The van der Waals surface area contributed by atoms with Crippen LogP contribution in [0.4, 0.5) is 0 Å². The van der Waals surface area contributed by atoms with E-state index in [0.29, 0.717) is 17.6 Å². The van der Waals surface area contributed by atoms with Crippen molar-refractivity contribution in [3.63, 3.8) is 0 Å². The molecule has 0 fully saturated rings. The van der Waals surface area contributed by atoms with Crippen molar-refractivity contribution < 1.29 is 4.79 Å². The Morgan fingerprint density at radius 3 is 2.58 bits per heavy atom. The highest BCUT2D eigenvalue weighted by molar-refractivity contribution is 5.88. The number of H-pyrrole nitrogens is 1. The van der Waals surface area contributed by atoms with Gasteiger partial charge >= 0.3 is 0 Å². The highest BCUT2D eigenvalue weighted by Crippen LogP contribution is 2.20. The molecule has 0 saturated heterocycles. The van der Waals surface area contributed by atoms with E-state index in [-0.39, 0.29) is 17.9 Å². The van der Waals surface area contributed by atoms with Crippen LogP contribution in [0.15, 0.2) is 53.3 Å². The maximum atomic E-state index is 12.7. The van der Waals surface area contributed by atoms with Gasteiger partial charge in [-0.15, -0.1) is 0 Å². The van der Waals surface area contributed by atoms with Crippen LogP contribution < -0.4 is 5.56 Å². The summed E-state index contributed by atoms with van der Waals surface area (Å²) in [6.07, 6.45) is 1.07. The number of amides is 1. The molecule has 2 heterocycles. The van der Waals surface area contributed by atoms with Crippen molar-refractivity contribution in [1.82, 2.24) is 15.1 Å². The molecule has 0 spiro atoms. The minimum absolute atomic E-state index is 0.0363. The maximum Gasteiger partial charge on any atom is 0.272 e. The summed E-state index contributed by atoms with van der Waals surface area (Å²) in [5, 5.41) is 7.90. The fourth-order valence-electron chi connectivity index (χ4n) is 3.27. The predicted molar refractivity (Wildman–Crippen MR) is 91.6 cm³/mol. The van der Waals surface area contributed by atoms with Crippen molar-refractivity contribution >= 4 is 16.7 Å². The third-order valence-corrected chi connectivity index (χ3v) is 4.58. The van der Waals surface area contributed by atoms with Crippen LogP contribution in [0.5, 0.6) is 0 Å². The monoisotopic (exact) mass is 319 g/mol. The molecule has 5 nitrogen and oxygen atoms in total. The Hall–Kier alpha value is -2.95. The molecule has 3 aromatic rings. The van der Waals surface area contributed by atoms with Crippen LogP contribution in [-0.2, 0) is 24.2 Å². The summed E-state index contributed by atoms with van der Waals surface area (Å²) in [6, 6.07) is 15.5. The Morgan fingerprint density at radius 1 is 1.04 bits per heavy atom. The lowest BCUT2D eigenvalue weighted by Crippen LogP contribution is -2.37. The van der Waals surface area contributed by atoms with Gasteiger partial charge in [-0.3, -0.25) is 9.59 Å². The Bertz CT molecular complexity index is 978. The molecule has 24 heavy (non-hydrogen) atoms. The molecule has 120 valence electrons. The summed E-state index contributed by atoms with van der Waals surface area (Å²) in [5.41, 5.74) is 2.91. The average molecular weight is 319 g/mol. The van der Waals surface area contributed by atoms with E-state index in [1.165, 1.54) is 11.1 Å². The van der Waals surface area contributed by atoms with Gasteiger partial charge in [-0.05, 0) is 23.6 Å². The standard InChI is InChI=1S/C19H17N3O2/c23-18(22-10-9-13-5-1-2-6-14(13)12-22)11-17-15-7-3-4-8-16(15)19(24)21-20-17/h1-8H,9-12H2,(H,21,24). The number of hydrogen-bond donors (Lipinski definition) is 1. The van der Waals surface area contributed by atoms with E-state index in [1.807, 2.05) is 35.2 Å². The Labute approximate surface area is 138 Å². The van der Waals surface area contributed by atoms with Crippen molar-refractivity contribution in [1.29, 1.82) is 0 Å². The second-order valence-electron chi connectivity index (χ2n) is 6.06. The molecule has 1 N–H and O–H groups in total. The first-order chi connectivity index (χ1) is 11.7. The zero-order valence-corrected chi connectivity index (χ0v) is 13.2. The molecule has 1 aliphatic heterocycles. The normalized spacial score (nSPS) is 13.8. The first-order valence-electron chi connectivity index (χ1n) is 8.03. The number of rotatable bonds is 2.